The topological polar surface area (TPSA) is 76.7 Å². The molecule has 31 heavy (non-hydrogen) atoms. The van der Waals surface area contributed by atoms with Crippen LogP contribution in [0.15, 0.2) is 33.9 Å². The number of rotatable bonds is 12. The van der Waals surface area contributed by atoms with Gasteiger partial charge >= 0.3 is 12.0 Å². The van der Waals surface area contributed by atoms with Gasteiger partial charge < -0.3 is 20.1 Å². The van der Waals surface area contributed by atoms with Crippen LogP contribution in [0.4, 0.5) is 4.79 Å². The number of unbranched alkanes of at least 4 members (excludes halogenated alkanes) is 6. The zero-order valence-electron chi connectivity index (χ0n) is 19.1. The lowest BCUT2D eigenvalue weighted by Crippen LogP contribution is -2.47. The van der Waals surface area contributed by atoms with E-state index in [2.05, 4.69) is 33.5 Å². The van der Waals surface area contributed by atoms with Crippen molar-refractivity contribution < 1.29 is 19.1 Å². The van der Waals surface area contributed by atoms with Gasteiger partial charge in [-0.05, 0) is 46.0 Å². The third-order valence-electron chi connectivity index (χ3n) is 5.38. The fourth-order valence-electron chi connectivity index (χ4n) is 3.68. The summed E-state index contributed by atoms with van der Waals surface area (Å²) in [6.07, 6.45) is 8.65. The molecule has 1 heterocycles. The number of methoxy groups -OCH3 is 1. The quantitative estimate of drug-likeness (QED) is 0.275. The van der Waals surface area contributed by atoms with Gasteiger partial charge in [-0.3, -0.25) is 0 Å². The molecule has 6 nitrogen and oxygen atoms in total. The maximum absolute atomic E-state index is 12.5. The number of hydrogen-bond acceptors (Lipinski definition) is 4. The van der Waals surface area contributed by atoms with Gasteiger partial charge in [0.25, 0.3) is 0 Å². The first-order chi connectivity index (χ1) is 14.9. The van der Waals surface area contributed by atoms with E-state index in [-0.39, 0.29) is 11.9 Å². The molecular formula is C24H35BrN2O4. The Morgan fingerprint density at radius 1 is 1.13 bits per heavy atom. The summed E-state index contributed by atoms with van der Waals surface area (Å²) < 4.78 is 11.7. The minimum Gasteiger partial charge on any atom is -0.492 e. The first kappa shape index (κ1) is 25.2. The summed E-state index contributed by atoms with van der Waals surface area (Å²) in [5, 5.41) is 5.59. The third kappa shape index (κ3) is 7.27. The van der Waals surface area contributed by atoms with E-state index in [0.29, 0.717) is 17.9 Å². The van der Waals surface area contributed by atoms with Gasteiger partial charge in [0.05, 0.1) is 29.8 Å². The Labute approximate surface area is 194 Å². The van der Waals surface area contributed by atoms with Crippen LogP contribution in [0.2, 0.25) is 0 Å². The van der Waals surface area contributed by atoms with Gasteiger partial charge in [0.2, 0.25) is 0 Å². The van der Waals surface area contributed by atoms with Gasteiger partial charge in [-0.25, -0.2) is 9.59 Å². The molecule has 0 saturated carbocycles. The van der Waals surface area contributed by atoms with Crippen LogP contribution in [0.3, 0.4) is 0 Å². The largest absolute Gasteiger partial charge is 0.492 e. The Balaban J connectivity index is 2.06. The predicted octanol–water partition coefficient (Wildman–Crippen LogP) is 6.02. The average Bonchev–Trinajstić information content (AvgIpc) is 2.75. The van der Waals surface area contributed by atoms with Crippen molar-refractivity contribution in [1.82, 2.24) is 10.6 Å². The second-order valence-corrected chi connectivity index (χ2v) is 9.02. The Kier molecular flexibility index (Phi) is 10.4. The van der Waals surface area contributed by atoms with E-state index in [1.165, 1.54) is 45.6 Å². The van der Waals surface area contributed by atoms with Crippen molar-refractivity contribution in [3.8, 4) is 5.75 Å². The third-order valence-corrected chi connectivity index (χ3v) is 6.00. The molecule has 1 aromatic rings. The van der Waals surface area contributed by atoms with E-state index in [4.69, 9.17) is 9.47 Å². The Morgan fingerprint density at radius 3 is 2.42 bits per heavy atom. The number of esters is 1. The minimum absolute atomic E-state index is 0.0318. The molecule has 0 radical (unpaired) electrons. The number of hydrogen-bond donors (Lipinski definition) is 2. The molecule has 2 amide bonds. The first-order valence-electron chi connectivity index (χ1n) is 11.2. The first-order valence-corrected chi connectivity index (χ1v) is 12.0. The summed E-state index contributed by atoms with van der Waals surface area (Å²) in [5.41, 5.74) is 1.78. The lowest BCUT2D eigenvalue weighted by molar-refractivity contribution is -0.136. The second-order valence-electron chi connectivity index (χ2n) is 8.16. The summed E-state index contributed by atoms with van der Waals surface area (Å²) in [5.74, 6) is 0.259. The minimum atomic E-state index is -0.591. The van der Waals surface area contributed by atoms with Crippen LogP contribution >= 0.6 is 15.9 Å². The van der Waals surface area contributed by atoms with Crippen LogP contribution in [-0.4, -0.2) is 25.7 Å². The lowest BCUT2D eigenvalue weighted by Gasteiger charge is -2.31. The van der Waals surface area contributed by atoms with Crippen LogP contribution in [0, 0.1) is 5.92 Å². The molecule has 0 aliphatic carbocycles. The highest BCUT2D eigenvalue weighted by Gasteiger charge is 2.34. The van der Waals surface area contributed by atoms with Gasteiger partial charge in [0.15, 0.2) is 0 Å². The van der Waals surface area contributed by atoms with Crippen molar-refractivity contribution in [2.45, 2.75) is 71.8 Å². The van der Waals surface area contributed by atoms with Gasteiger partial charge in [0, 0.05) is 5.70 Å². The Hall–Kier alpha value is -2.02. The Bertz CT molecular complexity index is 792. The molecule has 1 unspecified atom stereocenters. The summed E-state index contributed by atoms with van der Waals surface area (Å²) in [6.45, 7) is 6.75. The summed E-state index contributed by atoms with van der Waals surface area (Å²) >= 11 is 3.57. The van der Waals surface area contributed by atoms with Crippen LogP contribution in [-0.2, 0) is 9.53 Å². The van der Waals surface area contributed by atoms with Crippen LogP contribution in [0.1, 0.15) is 77.3 Å². The molecule has 0 fully saturated rings. The zero-order chi connectivity index (χ0) is 22.8. The number of benzene rings is 1. The molecule has 1 aliphatic rings. The van der Waals surface area contributed by atoms with Crippen molar-refractivity contribution in [3.63, 3.8) is 0 Å². The van der Waals surface area contributed by atoms with E-state index in [1.54, 1.807) is 0 Å². The lowest BCUT2D eigenvalue weighted by atomic mass is 9.91. The number of nitrogens with one attached hydrogen (secondary N) is 2. The van der Waals surface area contributed by atoms with E-state index < -0.39 is 12.0 Å². The highest BCUT2D eigenvalue weighted by Crippen LogP contribution is 2.34. The van der Waals surface area contributed by atoms with Crippen molar-refractivity contribution in [2.24, 2.45) is 5.92 Å². The van der Waals surface area contributed by atoms with E-state index in [1.807, 2.05) is 32.0 Å². The maximum atomic E-state index is 12.5. The molecule has 7 heteroatoms. The maximum Gasteiger partial charge on any atom is 0.337 e. The normalized spacial score (nSPS) is 16.2. The molecule has 0 saturated heterocycles. The fourth-order valence-corrected chi connectivity index (χ4v) is 4.19. The molecule has 0 spiro atoms. The molecule has 1 aromatic carbocycles. The Morgan fingerprint density at radius 2 is 1.81 bits per heavy atom. The monoisotopic (exact) mass is 494 g/mol. The van der Waals surface area contributed by atoms with Crippen molar-refractivity contribution in [3.05, 3.63) is 39.5 Å². The molecule has 172 valence electrons. The summed E-state index contributed by atoms with van der Waals surface area (Å²) in [6, 6.07) is 4.71. The van der Waals surface area contributed by atoms with Crippen LogP contribution < -0.4 is 15.4 Å². The van der Waals surface area contributed by atoms with Crippen LogP contribution in [0.25, 0.3) is 0 Å². The number of urea groups is 1. The SMILES string of the molecule is CCCCCCCCCOc1ccc(C2NC(=O)NC(C(C)C)=C2C(=O)OC)cc1Br. The average molecular weight is 495 g/mol. The number of amides is 2. The molecule has 2 rings (SSSR count). The number of halogens is 1. The highest BCUT2D eigenvalue weighted by molar-refractivity contribution is 9.10. The number of ether oxygens (including phenoxy) is 2. The van der Waals surface area contributed by atoms with E-state index in [0.717, 1.165) is 22.2 Å². The molecule has 0 aromatic heterocycles. The second kappa shape index (κ2) is 12.7. The standard InChI is InChI=1S/C24H35BrN2O4/c1-5-6-7-8-9-10-11-14-31-19-13-12-17(15-18(19)25)22-20(23(28)30-4)21(16(2)3)26-24(29)27-22/h12-13,15-16,22H,5-11,14H2,1-4H3,(H2,26,27,29). The zero-order valence-corrected chi connectivity index (χ0v) is 20.6. The molecule has 0 bridgehead atoms. The van der Waals surface area contributed by atoms with Crippen LogP contribution in [0.5, 0.6) is 5.75 Å². The number of carbonyl (C=O) groups excluding carboxylic acids is 2. The predicted molar refractivity (Wildman–Crippen MR) is 126 cm³/mol. The highest BCUT2D eigenvalue weighted by atomic mass is 79.9. The van der Waals surface area contributed by atoms with Crippen molar-refractivity contribution in [2.75, 3.05) is 13.7 Å². The van der Waals surface area contributed by atoms with Crippen molar-refractivity contribution in [1.29, 1.82) is 0 Å². The van der Waals surface area contributed by atoms with Gasteiger partial charge in [0.1, 0.15) is 5.75 Å². The summed E-state index contributed by atoms with van der Waals surface area (Å²) in [4.78, 5) is 24.7. The number of allylic oxidation sites excluding steroid dienone is 1. The molecule has 1 aliphatic heterocycles. The van der Waals surface area contributed by atoms with Gasteiger partial charge in [-0.15, -0.1) is 0 Å². The molecule has 1 atom stereocenters. The van der Waals surface area contributed by atoms with E-state index in [9.17, 15) is 9.59 Å². The number of carbonyl (C=O) groups is 2. The molecule has 2 N–H and O–H groups in total. The fraction of sp³-hybridized carbons (Fsp3) is 0.583. The van der Waals surface area contributed by atoms with Gasteiger partial charge in [-0.1, -0.05) is 65.4 Å². The van der Waals surface area contributed by atoms with E-state index >= 15 is 0 Å². The summed E-state index contributed by atoms with van der Waals surface area (Å²) in [7, 11) is 1.34. The molecular weight excluding hydrogens is 460 g/mol. The van der Waals surface area contributed by atoms with Gasteiger partial charge in [-0.2, -0.15) is 0 Å². The van der Waals surface area contributed by atoms with Crippen molar-refractivity contribution >= 4 is 27.9 Å². The smallest absolute Gasteiger partial charge is 0.337 e.